The van der Waals surface area contributed by atoms with E-state index in [0.29, 0.717) is 31.0 Å². The number of nitrogens with one attached hydrogen (secondary N) is 1. The van der Waals surface area contributed by atoms with Crippen LogP contribution in [0.5, 0.6) is 5.75 Å². The van der Waals surface area contributed by atoms with E-state index in [-0.39, 0.29) is 6.03 Å². The molecule has 3 rings (SSSR count). The largest absolute Gasteiger partial charge is 0.492 e. The molecule has 2 amide bonds. The number of carbonyl (C=O) groups excluding carboxylic acids is 1. The van der Waals surface area contributed by atoms with Gasteiger partial charge in [-0.05, 0) is 73.9 Å². The lowest BCUT2D eigenvalue weighted by Crippen LogP contribution is -2.36. The molecule has 0 aromatic heterocycles. The summed E-state index contributed by atoms with van der Waals surface area (Å²) in [5.74, 6) is -0.626. The molecule has 0 aliphatic carbocycles. The number of hydrogen-bond acceptors (Lipinski definition) is 4. The molecule has 1 atom stereocenters. The van der Waals surface area contributed by atoms with E-state index < -0.39 is 11.9 Å². The third kappa shape index (κ3) is 9.06. The van der Waals surface area contributed by atoms with Crippen LogP contribution in [0.2, 0.25) is 0 Å². The Morgan fingerprint density at radius 3 is 2.13 bits per heavy atom. The number of unbranched alkanes of at least 4 members (excludes halogenated alkanes) is 4. The van der Waals surface area contributed by atoms with Crippen LogP contribution in [0.4, 0.5) is 16.2 Å². The molecule has 39 heavy (non-hydrogen) atoms. The second-order valence-corrected chi connectivity index (χ2v) is 10.5. The monoisotopic (exact) mass is 548 g/mol. The SMILES string of the molecule is CCCCCCCN(C(=O)Nc1ccccc1OCC)c1ccc(Sc2ccc(C(CC)C(=O)O)cc2)cc1. The molecule has 0 saturated heterocycles. The summed E-state index contributed by atoms with van der Waals surface area (Å²) in [6, 6.07) is 23.0. The van der Waals surface area contributed by atoms with Crippen molar-refractivity contribution >= 4 is 35.1 Å². The number of para-hydroxylation sites is 2. The number of carboxylic acid groups (broad SMARTS) is 1. The standard InChI is InChI=1S/C32H40N2O4S/c1-4-7-8-9-12-23-34(32(37)33-29-13-10-11-14-30(29)38-6-3)25-17-21-27(22-18-25)39-26-19-15-24(16-20-26)28(5-2)31(35)36/h10-11,13-22,28H,4-9,12,23H2,1-3H3,(H,33,37)(H,35,36). The number of rotatable bonds is 15. The Morgan fingerprint density at radius 1 is 0.872 bits per heavy atom. The van der Waals surface area contributed by atoms with E-state index in [9.17, 15) is 14.7 Å². The molecule has 3 aromatic rings. The molecule has 1 unspecified atom stereocenters. The van der Waals surface area contributed by atoms with Crippen LogP contribution in [0, 0.1) is 0 Å². The number of ether oxygens (including phenoxy) is 1. The van der Waals surface area contributed by atoms with Gasteiger partial charge in [-0.3, -0.25) is 9.69 Å². The van der Waals surface area contributed by atoms with Crippen LogP contribution in [0.1, 0.15) is 70.8 Å². The molecule has 0 heterocycles. The Morgan fingerprint density at radius 2 is 1.51 bits per heavy atom. The molecular weight excluding hydrogens is 508 g/mol. The second-order valence-electron chi connectivity index (χ2n) is 9.39. The van der Waals surface area contributed by atoms with Gasteiger partial charge in [-0.15, -0.1) is 0 Å². The Balaban J connectivity index is 1.73. The fourth-order valence-corrected chi connectivity index (χ4v) is 5.22. The van der Waals surface area contributed by atoms with Crippen molar-refractivity contribution in [1.82, 2.24) is 0 Å². The minimum atomic E-state index is -0.797. The first-order chi connectivity index (χ1) is 19.0. The molecule has 0 fully saturated rings. The molecule has 0 aliphatic rings. The highest BCUT2D eigenvalue weighted by Gasteiger charge is 2.19. The van der Waals surface area contributed by atoms with E-state index in [1.165, 1.54) is 19.3 Å². The normalized spacial score (nSPS) is 11.6. The van der Waals surface area contributed by atoms with E-state index in [1.54, 1.807) is 16.7 Å². The molecule has 208 valence electrons. The first-order valence-electron chi connectivity index (χ1n) is 13.9. The lowest BCUT2D eigenvalue weighted by Gasteiger charge is -2.24. The average molecular weight is 549 g/mol. The van der Waals surface area contributed by atoms with E-state index in [4.69, 9.17) is 4.74 Å². The Labute approximate surface area is 236 Å². The van der Waals surface area contributed by atoms with Gasteiger partial charge in [-0.25, -0.2) is 4.79 Å². The van der Waals surface area contributed by atoms with Crippen LogP contribution in [0.15, 0.2) is 82.6 Å². The van der Waals surface area contributed by atoms with Crippen molar-refractivity contribution < 1.29 is 19.4 Å². The van der Waals surface area contributed by atoms with Crippen LogP contribution in [0.3, 0.4) is 0 Å². The highest BCUT2D eigenvalue weighted by atomic mass is 32.2. The van der Waals surface area contributed by atoms with Crippen molar-refractivity contribution in [1.29, 1.82) is 0 Å². The Bertz CT molecular complexity index is 1180. The van der Waals surface area contributed by atoms with Gasteiger partial charge in [-0.1, -0.05) is 75.6 Å². The van der Waals surface area contributed by atoms with Gasteiger partial charge in [0.25, 0.3) is 0 Å². The van der Waals surface area contributed by atoms with Gasteiger partial charge in [0, 0.05) is 22.0 Å². The van der Waals surface area contributed by atoms with Crippen molar-refractivity contribution in [3.8, 4) is 5.75 Å². The smallest absolute Gasteiger partial charge is 0.326 e. The number of aliphatic carboxylic acids is 1. The molecule has 7 heteroatoms. The number of urea groups is 1. The highest BCUT2D eigenvalue weighted by molar-refractivity contribution is 7.99. The molecular formula is C32H40N2O4S. The van der Waals surface area contributed by atoms with Gasteiger partial charge in [0.05, 0.1) is 18.2 Å². The number of hydrogen-bond donors (Lipinski definition) is 2. The molecule has 3 aromatic carbocycles. The number of benzene rings is 3. The van der Waals surface area contributed by atoms with Crippen molar-refractivity contribution in [2.24, 2.45) is 0 Å². The maximum Gasteiger partial charge on any atom is 0.326 e. The van der Waals surface area contributed by atoms with Crippen molar-refractivity contribution in [2.75, 3.05) is 23.4 Å². The molecule has 0 radical (unpaired) electrons. The summed E-state index contributed by atoms with van der Waals surface area (Å²) in [6.45, 7) is 7.15. The second kappa shape index (κ2) is 15.8. The molecule has 6 nitrogen and oxygen atoms in total. The van der Waals surface area contributed by atoms with Crippen LogP contribution in [-0.4, -0.2) is 30.3 Å². The summed E-state index contributed by atoms with van der Waals surface area (Å²) in [4.78, 5) is 28.8. The quantitative estimate of drug-likeness (QED) is 0.186. The van der Waals surface area contributed by atoms with Crippen LogP contribution >= 0.6 is 11.8 Å². The number of nitrogens with zero attached hydrogens (tertiary/aromatic N) is 1. The predicted octanol–water partition coefficient (Wildman–Crippen LogP) is 8.82. The zero-order chi connectivity index (χ0) is 28.0. The van der Waals surface area contributed by atoms with Crippen molar-refractivity contribution in [3.63, 3.8) is 0 Å². The van der Waals surface area contributed by atoms with E-state index in [0.717, 1.165) is 33.9 Å². The summed E-state index contributed by atoms with van der Waals surface area (Å²) < 4.78 is 5.69. The number of carbonyl (C=O) groups is 2. The zero-order valence-electron chi connectivity index (χ0n) is 23.2. The Hall–Kier alpha value is -3.45. The summed E-state index contributed by atoms with van der Waals surface area (Å²) >= 11 is 1.61. The van der Waals surface area contributed by atoms with Crippen molar-refractivity contribution in [3.05, 3.63) is 78.4 Å². The van der Waals surface area contributed by atoms with Gasteiger partial charge >= 0.3 is 12.0 Å². The molecule has 0 saturated carbocycles. The maximum atomic E-state index is 13.4. The fraction of sp³-hybridized carbons (Fsp3) is 0.375. The summed E-state index contributed by atoms with van der Waals surface area (Å²) in [5.41, 5.74) is 2.31. The summed E-state index contributed by atoms with van der Waals surface area (Å²) in [6.07, 6.45) is 6.12. The number of anilines is 2. The number of carboxylic acids is 1. The van der Waals surface area contributed by atoms with Gasteiger partial charge in [0.15, 0.2) is 0 Å². The summed E-state index contributed by atoms with van der Waals surface area (Å²) in [7, 11) is 0. The first kappa shape index (κ1) is 30.1. The summed E-state index contributed by atoms with van der Waals surface area (Å²) in [5, 5.41) is 12.5. The molecule has 0 spiro atoms. The lowest BCUT2D eigenvalue weighted by molar-refractivity contribution is -0.138. The third-order valence-electron chi connectivity index (χ3n) is 6.53. The van der Waals surface area contributed by atoms with E-state index in [1.807, 2.05) is 86.6 Å². The number of amides is 2. The minimum absolute atomic E-state index is 0.183. The van der Waals surface area contributed by atoms with Gasteiger partial charge in [-0.2, -0.15) is 0 Å². The minimum Gasteiger partial charge on any atom is -0.492 e. The molecule has 2 N–H and O–H groups in total. The highest BCUT2D eigenvalue weighted by Crippen LogP contribution is 2.32. The predicted molar refractivity (Wildman–Crippen MR) is 160 cm³/mol. The van der Waals surface area contributed by atoms with E-state index in [2.05, 4.69) is 12.2 Å². The fourth-order valence-electron chi connectivity index (χ4n) is 4.41. The topological polar surface area (TPSA) is 78.9 Å². The lowest BCUT2D eigenvalue weighted by atomic mass is 9.97. The zero-order valence-corrected chi connectivity index (χ0v) is 24.0. The van der Waals surface area contributed by atoms with Gasteiger partial charge in [0.2, 0.25) is 0 Å². The third-order valence-corrected chi connectivity index (χ3v) is 7.55. The van der Waals surface area contributed by atoms with Gasteiger partial charge < -0.3 is 15.2 Å². The first-order valence-corrected chi connectivity index (χ1v) is 14.7. The van der Waals surface area contributed by atoms with Crippen molar-refractivity contribution in [2.45, 2.75) is 75.0 Å². The molecule has 0 aliphatic heterocycles. The van der Waals surface area contributed by atoms with E-state index >= 15 is 0 Å². The van der Waals surface area contributed by atoms with Gasteiger partial charge in [0.1, 0.15) is 5.75 Å². The Kier molecular flexibility index (Phi) is 12.2. The van der Waals surface area contributed by atoms with Crippen LogP contribution in [0.25, 0.3) is 0 Å². The average Bonchev–Trinajstić information content (AvgIpc) is 2.94. The molecule has 0 bridgehead atoms. The van der Waals surface area contributed by atoms with Crippen LogP contribution < -0.4 is 15.0 Å². The van der Waals surface area contributed by atoms with Crippen LogP contribution in [-0.2, 0) is 4.79 Å². The maximum absolute atomic E-state index is 13.4.